The minimum Gasteiger partial charge on any atom is -0.321 e. The summed E-state index contributed by atoms with van der Waals surface area (Å²) in [5.41, 5.74) is 5.68. The van der Waals surface area contributed by atoms with Crippen LogP contribution in [0.25, 0.3) is 0 Å². The zero-order valence-corrected chi connectivity index (χ0v) is 7.95. The second-order valence-electron chi connectivity index (χ2n) is 3.85. The van der Waals surface area contributed by atoms with E-state index in [1.165, 1.54) is 25.7 Å². The Kier molecular flexibility index (Phi) is 2.31. The van der Waals surface area contributed by atoms with Gasteiger partial charge in [-0.2, -0.15) is 5.10 Å². The van der Waals surface area contributed by atoms with Gasteiger partial charge in [0.15, 0.2) is 5.82 Å². The Morgan fingerprint density at radius 1 is 1.46 bits per heavy atom. The number of aromatic amines is 1. The van der Waals surface area contributed by atoms with Gasteiger partial charge >= 0.3 is 0 Å². The van der Waals surface area contributed by atoms with Gasteiger partial charge in [-0.1, -0.05) is 12.8 Å². The first-order chi connectivity index (χ1) is 6.27. The lowest BCUT2D eigenvalue weighted by atomic mass is 10.1. The lowest BCUT2D eigenvalue weighted by molar-refractivity contribution is 0.669. The summed E-state index contributed by atoms with van der Waals surface area (Å²) in [6.07, 6.45) is 5.12. The lowest BCUT2D eigenvalue weighted by Crippen LogP contribution is -2.07. The smallest absolute Gasteiger partial charge is 0.167 e. The molecule has 2 rings (SSSR count). The van der Waals surface area contributed by atoms with Crippen molar-refractivity contribution in [3.63, 3.8) is 0 Å². The van der Waals surface area contributed by atoms with E-state index in [0.29, 0.717) is 5.92 Å². The molecule has 13 heavy (non-hydrogen) atoms. The molecule has 0 radical (unpaired) electrons. The topological polar surface area (TPSA) is 67.6 Å². The van der Waals surface area contributed by atoms with Gasteiger partial charge in [0.1, 0.15) is 5.82 Å². The number of nitrogens with zero attached hydrogens (tertiary/aromatic N) is 2. The molecule has 72 valence electrons. The van der Waals surface area contributed by atoms with E-state index in [9.17, 15) is 0 Å². The largest absolute Gasteiger partial charge is 0.321 e. The minimum absolute atomic E-state index is 0.0635. The number of H-pyrrole nitrogens is 1. The molecule has 0 spiro atoms. The van der Waals surface area contributed by atoms with Gasteiger partial charge in [-0.05, 0) is 19.8 Å². The van der Waals surface area contributed by atoms with Gasteiger partial charge in [0, 0.05) is 5.92 Å². The molecule has 1 heterocycles. The highest BCUT2D eigenvalue weighted by molar-refractivity contribution is 5.01. The molecule has 0 saturated heterocycles. The molecule has 1 aliphatic carbocycles. The Morgan fingerprint density at radius 2 is 2.15 bits per heavy atom. The van der Waals surface area contributed by atoms with E-state index < -0.39 is 0 Å². The quantitative estimate of drug-likeness (QED) is 0.724. The Morgan fingerprint density at radius 3 is 2.69 bits per heavy atom. The average molecular weight is 180 g/mol. The number of aromatic nitrogens is 3. The summed E-state index contributed by atoms with van der Waals surface area (Å²) in [5, 5.41) is 7.09. The molecule has 0 aliphatic heterocycles. The molecule has 0 amide bonds. The molecule has 1 aromatic heterocycles. The zero-order chi connectivity index (χ0) is 9.26. The van der Waals surface area contributed by atoms with Crippen LogP contribution in [0.4, 0.5) is 0 Å². The van der Waals surface area contributed by atoms with Crippen LogP contribution in [-0.4, -0.2) is 15.2 Å². The SMILES string of the molecule is CC(N)c1n[nH]c(C2CCCC2)n1. The van der Waals surface area contributed by atoms with Gasteiger partial charge < -0.3 is 5.73 Å². The van der Waals surface area contributed by atoms with E-state index in [1.807, 2.05) is 6.92 Å². The monoisotopic (exact) mass is 180 g/mol. The number of rotatable bonds is 2. The van der Waals surface area contributed by atoms with Crippen molar-refractivity contribution in [3.05, 3.63) is 11.6 Å². The molecule has 1 fully saturated rings. The third-order valence-corrected chi connectivity index (χ3v) is 2.67. The van der Waals surface area contributed by atoms with Crippen molar-refractivity contribution in [2.75, 3.05) is 0 Å². The van der Waals surface area contributed by atoms with E-state index in [4.69, 9.17) is 5.73 Å². The van der Waals surface area contributed by atoms with E-state index in [2.05, 4.69) is 15.2 Å². The molecule has 4 nitrogen and oxygen atoms in total. The Balaban J connectivity index is 2.12. The number of nitrogens with two attached hydrogens (primary N) is 1. The third-order valence-electron chi connectivity index (χ3n) is 2.67. The highest BCUT2D eigenvalue weighted by Gasteiger charge is 2.20. The Bertz CT molecular complexity index is 273. The highest BCUT2D eigenvalue weighted by atomic mass is 15.2. The van der Waals surface area contributed by atoms with Gasteiger partial charge in [-0.25, -0.2) is 4.98 Å². The van der Waals surface area contributed by atoms with Crippen LogP contribution in [0.3, 0.4) is 0 Å². The normalized spacial score (nSPS) is 20.8. The van der Waals surface area contributed by atoms with Gasteiger partial charge in [0.25, 0.3) is 0 Å². The van der Waals surface area contributed by atoms with Crippen molar-refractivity contribution < 1.29 is 0 Å². The van der Waals surface area contributed by atoms with Gasteiger partial charge in [0.2, 0.25) is 0 Å². The number of nitrogens with one attached hydrogen (secondary N) is 1. The van der Waals surface area contributed by atoms with Crippen molar-refractivity contribution >= 4 is 0 Å². The summed E-state index contributed by atoms with van der Waals surface area (Å²) in [5.74, 6) is 2.37. The molecule has 4 heteroatoms. The molecule has 1 atom stereocenters. The van der Waals surface area contributed by atoms with Crippen LogP contribution >= 0.6 is 0 Å². The average Bonchev–Trinajstić information content (AvgIpc) is 2.75. The summed E-state index contributed by atoms with van der Waals surface area (Å²) < 4.78 is 0. The summed E-state index contributed by atoms with van der Waals surface area (Å²) in [6.45, 7) is 1.90. The number of hydrogen-bond donors (Lipinski definition) is 2. The molecule has 1 unspecified atom stereocenters. The summed E-state index contributed by atoms with van der Waals surface area (Å²) >= 11 is 0. The van der Waals surface area contributed by atoms with Crippen LogP contribution in [-0.2, 0) is 0 Å². The summed E-state index contributed by atoms with van der Waals surface area (Å²) in [7, 11) is 0. The van der Waals surface area contributed by atoms with E-state index >= 15 is 0 Å². The highest BCUT2D eigenvalue weighted by Crippen LogP contribution is 2.31. The molecular formula is C9H16N4. The van der Waals surface area contributed by atoms with Crippen LogP contribution in [0.2, 0.25) is 0 Å². The van der Waals surface area contributed by atoms with Crippen molar-refractivity contribution in [3.8, 4) is 0 Å². The standard InChI is InChI=1S/C9H16N4/c1-6(10)8-11-9(13-12-8)7-4-2-3-5-7/h6-7H,2-5,10H2,1H3,(H,11,12,13). The predicted octanol–water partition coefficient (Wildman–Crippen LogP) is 1.48. The van der Waals surface area contributed by atoms with Crippen molar-refractivity contribution in [2.24, 2.45) is 5.73 Å². The zero-order valence-electron chi connectivity index (χ0n) is 7.95. The molecule has 1 aliphatic rings. The van der Waals surface area contributed by atoms with Crippen LogP contribution in [0, 0.1) is 0 Å². The first-order valence-corrected chi connectivity index (χ1v) is 4.95. The second kappa shape index (κ2) is 3.46. The maximum absolute atomic E-state index is 5.68. The first-order valence-electron chi connectivity index (χ1n) is 4.95. The molecule has 0 aromatic carbocycles. The fourth-order valence-electron chi connectivity index (χ4n) is 1.87. The van der Waals surface area contributed by atoms with Gasteiger partial charge in [-0.3, -0.25) is 5.10 Å². The van der Waals surface area contributed by atoms with E-state index in [1.54, 1.807) is 0 Å². The first kappa shape index (κ1) is 8.69. The maximum atomic E-state index is 5.68. The van der Waals surface area contributed by atoms with Gasteiger partial charge in [0.05, 0.1) is 6.04 Å². The third kappa shape index (κ3) is 1.72. The van der Waals surface area contributed by atoms with E-state index in [-0.39, 0.29) is 6.04 Å². The van der Waals surface area contributed by atoms with Crippen LogP contribution in [0.15, 0.2) is 0 Å². The molecule has 1 aromatic rings. The molecular weight excluding hydrogens is 164 g/mol. The lowest BCUT2D eigenvalue weighted by Gasteiger charge is -2.02. The van der Waals surface area contributed by atoms with Crippen LogP contribution < -0.4 is 5.73 Å². The fraction of sp³-hybridized carbons (Fsp3) is 0.778. The predicted molar refractivity (Wildman–Crippen MR) is 50.2 cm³/mol. The van der Waals surface area contributed by atoms with Gasteiger partial charge in [-0.15, -0.1) is 0 Å². The van der Waals surface area contributed by atoms with E-state index in [0.717, 1.165) is 11.6 Å². The molecule has 3 N–H and O–H groups in total. The summed E-state index contributed by atoms with van der Waals surface area (Å²) in [4.78, 5) is 4.40. The minimum atomic E-state index is -0.0635. The maximum Gasteiger partial charge on any atom is 0.167 e. The van der Waals surface area contributed by atoms with Crippen LogP contribution in [0.1, 0.15) is 56.2 Å². The molecule has 0 bridgehead atoms. The molecule has 1 saturated carbocycles. The Hall–Kier alpha value is -0.900. The van der Waals surface area contributed by atoms with Crippen molar-refractivity contribution in [1.82, 2.24) is 15.2 Å². The van der Waals surface area contributed by atoms with Crippen molar-refractivity contribution in [2.45, 2.75) is 44.6 Å². The number of hydrogen-bond acceptors (Lipinski definition) is 3. The summed E-state index contributed by atoms with van der Waals surface area (Å²) in [6, 6.07) is -0.0635. The second-order valence-corrected chi connectivity index (χ2v) is 3.85. The fourth-order valence-corrected chi connectivity index (χ4v) is 1.87. The van der Waals surface area contributed by atoms with Crippen LogP contribution in [0.5, 0.6) is 0 Å². The Labute approximate surface area is 77.9 Å². The van der Waals surface area contributed by atoms with Crippen molar-refractivity contribution in [1.29, 1.82) is 0 Å².